The number of ether oxygens (including phenoxy) is 2. The summed E-state index contributed by atoms with van der Waals surface area (Å²) in [5.74, 6) is -0.142. The minimum atomic E-state index is -4.32. The molecule has 0 radical (unpaired) electrons. The summed E-state index contributed by atoms with van der Waals surface area (Å²) in [6.45, 7) is 7.24. The highest BCUT2D eigenvalue weighted by Crippen LogP contribution is 2.47. The fraction of sp³-hybridized carbons (Fsp3) is 0.562. The van der Waals surface area contributed by atoms with Crippen LogP contribution in [0, 0.1) is 0 Å². The lowest BCUT2D eigenvalue weighted by atomic mass is 9.87. The summed E-state index contributed by atoms with van der Waals surface area (Å²) < 4.78 is 39.5. The van der Waals surface area contributed by atoms with Gasteiger partial charge in [-0.1, -0.05) is 39.3 Å². The first-order valence-corrected chi connectivity index (χ1v) is 17.4. The fourth-order valence-corrected chi connectivity index (χ4v) is 7.46. The molecular weight excluding hydrogens is 627 g/mol. The van der Waals surface area contributed by atoms with Crippen LogP contribution in [-0.2, 0) is 34.4 Å². The molecular formula is C32H45N6O8P. The van der Waals surface area contributed by atoms with Crippen molar-refractivity contribution in [2.24, 2.45) is 4.99 Å². The van der Waals surface area contributed by atoms with Crippen molar-refractivity contribution >= 4 is 31.3 Å². The molecule has 5 rings (SSSR count). The Morgan fingerprint density at radius 2 is 1.91 bits per heavy atom. The quantitative estimate of drug-likeness (QED) is 0.131. The maximum absolute atomic E-state index is 14.3. The molecule has 15 heteroatoms. The Balaban J connectivity index is 1.38. The van der Waals surface area contributed by atoms with Gasteiger partial charge in [-0.15, -0.1) is 0 Å². The van der Waals surface area contributed by atoms with Gasteiger partial charge in [-0.2, -0.15) is 10.2 Å². The lowest BCUT2D eigenvalue weighted by Gasteiger charge is -2.28. The number of hydrogen-bond acceptors (Lipinski definition) is 12. The number of aromatic nitrogens is 3. The first-order chi connectivity index (χ1) is 22.3. The van der Waals surface area contributed by atoms with Crippen molar-refractivity contribution in [2.45, 2.75) is 101 Å². The summed E-state index contributed by atoms with van der Waals surface area (Å²) in [6.07, 6.45) is 2.79. The average Bonchev–Trinajstić information content (AvgIpc) is 3.57. The van der Waals surface area contributed by atoms with Gasteiger partial charge in [-0.25, -0.2) is 14.1 Å². The summed E-state index contributed by atoms with van der Waals surface area (Å²) in [6, 6.07) is 9.29. The van der Waals surface area contributed by atoms with E-state index < -0.39 is 50.3 Å². The molecule has 256 valence electrons. The number of benzene rings is 1. The highest BCUT2D eigenvalue weighted by atomic mass is 31.2. The van der Waals surface area contributed by atoms with E-state index >= 15 is 0 Å². The number of hydrogen-bond donors (Lipinski definition) is 4. The number of aliphatic hydroxyl groups excluding tert-OH is 2. The third-order valence-electron chi connectivity index (χ3n) is 8.59. The Labute approximate surface area is 274 Å². The second-order valence-corrected chi connectivity index (χ2v) is 14.8. The van der Waals surface area contributed by atoms with Crippen LogP contribution in [0.1, 0.15) is 71.1 Å². The summed E-state index contributed by atoms with van der Waals surface area (Å²) in [4.78, 5) is 21.1. The van der Waals surface area contributed by atoms with Crippen molar-refractivity contribution in [3.63, 3.8) is 0 Å². The maximum Gasteiger partial charge on any atom is 0.459 e. The van der Waals surface area contributed by atoms with Gasteiger partial charge in [0.05, 0.1) is 12.3 Å². The lowest BCUT2D eigenvalue weighted by Crippen LogP contribution is -2.43. The molecule has 3 heterocycles. The molecule has 1 saturated carbocycles. The Bertz CT molecular complexity index is 1620. The van der Waals surface area contributed by atoms with Gasteiger partial charge in [0.25, 0.3) is 0 Å². The zero-order valence-corrected chi connectivity index (χ0v) is 28.3. The molecule has 2 aromatic heterocycles. The molecule has 1 aliphatic carbocycles. The summed E-state index contributed by atoms with van der Waals surface area (Å²) in [5.41, 5.74) is 6.05. The molecule has 6 atom stereocenters. The SMILES string of the molecule is C/N=C\[C@@]1(c2ccc3c(N)ncnn23)O[C@H](COP(=O)(N[C@@H](C)C(=O)OC2CCCCC2)Oc2ccc(C(C)(C)C)cc2)[C@@H](O)[C@H]1O. The third-order valence-corrected chi connectivity index (χ3v) is 10.2. The molecule has 1 unspecified atom stereocenters. The van der Waals surface area contributed by atoms with Crippen molar-refractivity contribution in [1.29, 1.82) is 0 Å². The van der Waals surface area contributed by atoms with Crippen LogP contribution < -0.4 is 15.3 Å². The Morgan fingerprint density at radius 3 is 2.57 bits per heavy atom. The van der Waals surface area contributed by atoms with Gasteiger partial charge < -0.3 is 29.9 Å². The molecule has 0 spiro atoms. The van der Waals surface area contributed by atoms with Crippen molar-refractivity contribution in [3.8, 4) is 5.75 Å². The fourth-order valence-electron chi connectivity index (χ4n) is 5.96. The number of aliphatic hydroxyl groups is 2. The molecule has 5 N–H and O–H groups in total. The standard InChI is InChI=1S/C32H45N6O8P/c1-20(30(41)44-22-9-7-6-8-10-22)37-47(42,46-23-13-11-21(12-14-23)31(2,3)4)43-17-25-27(39)28(40)32(45-25,18-34-5)26-16-15-24-29(33)35-19-36-38(24)26/h11-16,18-20,22,25,27-28,39-40H,6-10,17H2,1-5H3,(H,37,42)(H2,33,35,36)/b34-18-/t20-,25+,27+,28+,32-,47?/m0/s1. The number of carbonyl (C=O) groups excluding carboxylic acids is 1. The third kappa shape index (κ3) is 7.53. The van der Waals surface area contributed by atoms with Crippen molar-refractivity contribution in [1.82, 2.24) is 19.7 Å². The van der Waals surface area contributed by atoms with Crippen molar-refractivity contribution < 1.29 is 38.1 Å². The van der Waals surface area contributed by atoms with Crippen molar-refractivity contribution in [2.75, 3.05) is 19.4 Å². The van der Waals surface area contributed by atoms with E-state index in [4.69, 9.17) is 24.3 Å². The number of nitrogen functional groups attached to an aromatic ring is 1. The first kappa shape index (κ1) is 34.9. The summed E-state index contributed by atoms with van der Waals surface area (Å²) in [7, 11) is -2.82. The molecule has 1 aromatic carbocycles. The minimum Gasteiger partial charge on any atom is -0.461 e. The molecule has 0 bridgehead atoms. The minimum absolute atomic E-state index is 0.123. The second kappa shape index (κ2) is 14.0. The maximum atomic E-state index is 14.3. The van der Waals surface area contributed by atoms with Gasteiger partial charge in [0.2, 0.25) is 0 Å². The van der Waals surface area contributed by atoms with Crippen LogP contribution in [0.3, 0.4) is 0 Å². The largest absolute Gasteiger partial charge is 0.461 e. The highest BCUT2D eigenvalue weighted by Gasteiger charge is 2.56. The van der Waals surface area contributed by atoms with Crippen LogP contribution in [0.25, 0.3) is 5.52 Å². The van der Waals surface area contributed by atoms with E-state index in [2.05, 4.69) is 40.9 Å². The van der Waals surface area contributed by atoms with E-state index in [0.717, 1.165) is 37.7 Å². The topological polar surface area (TPSA) is 192 Å². The highest BCUT2D eigenvalue weighted by molar-refractivity contribution is 7.52. The average molecular weight is 673 g/mol. The van der Waals surface area contributed by atoms with E-state index in [9.17, 15) is 19.6 Å². The predicted molar refractivity (Wildman–Crippen MR) is 175 cm³/mol. The number of anilines is 1. The first-order valence-electron chi connectivity index (χ1n) is 15.9. The van der Waals surface area contributed by atoms with E-state index in [-0.39, 0.29) is 23.1 Å². The second-order valence-electron chi connectivity index (χ2n) is 13.1. The van der Waals surface area contributed by atoms with Gasteiger partial charge >= 0.3 is 13.7 Å². The zero-order chi connectivity index (χ0) is 34.0. The normalized spacial score (nSPS) is 26.0. The van der Waals surface area contributed by atoms with Crippen LogP contribution >= 0.6 is 7.75 Å². The van der Waals surface area contributed by atoms with Gasteiger partial charge in [0, 0.05) is 13.3 Å². The van der Waals surface area contributed by atoms with E-state index in [1.165, 1.54) is 31.0 Å². The molecule has 2 fully saturated rings. The van der Waals surface area contributed by atoms with E-state index in [1.807, 2.05) is 12.1 Å². The molecule has 47 heavy (non-hydrogen) atoms. The lowest BCUT2D eigenvalue weighted by molar-refractivity contribution is -0.152. The van der Waals surface area contributed by atoms with Gasteiger partial charge in [0.1, 0.15) is 48.1 Å². The number of nitrogens with one attached hydrogen (secondary N) is 1. The van der Waals surface area contributed by atoms with Crippen LogP contribution in [-0.4, -0.2) is 81.1 Å². The molecule has 2 aliphatic rings. The van der Waals surface area contributed by atoms with Crippen LogP contribution in [0.4, 0.5) is 5.82 Å². The number of rotatable bonds is 11. The molecule has 3 aromatic rings. The Kier molecular flexibility index (Phi) is 10.4. The summed E-state index contributed by atoms with van der Waals surface area (Å²) >= 11 is 0. The Morgan fingerprint density at radius 1 is 1.21 bits per heavy atom. The predicted octanol–water partition coefficient (Wildman–Crippen LogP) is 3.68. The number of aliphatic imine (C=N–C) groups is 1. The number of carbonyl (C=O) groups is 1. The number of esters is 1. The van der Waals surface area contributed by atoms with Crippen LogP contribution in [0.15, 0.2) is 47.7 Å². The van der Waals surface area contributed by atoms with E-state index in [1.54, 1.807) is 24.3 Å². The smallest absolute Gasteiger partial charge is 0.459 e. The molecule has 1 aliphatic heterocycles. The number of fused-ring (bicyclic) bond motifs is 1. The van der Waals surface area contributed by atoms with Crippen molar-refractivity contribution in [3.05, 3.63) is 54.0 Å². The van der Waals surface area contributed by atoms with Crippen LogP contribution in [0.5, 0.6) is 5.75 Å². The van der Waals surface area contributed by atoms with Crippen LogP contribution in [0.2, 0.25) is 0 Å². The molecule has 14 nitrogen and oxygen atoms in total. The number of nitrogens with zero attached hydrogens (tertiary/aromatic N) is 4. The van der Waals surface area contributed by atoms with Gasteiger partial charge in [-0.3, -0.25) is 14.3 Å². The van der Waals surface area contributed by atoms with Gasteiger partial charge in [0.15, 0.2) is 11.4 Å². The molecule has 1 saturated heterocycles. The molecule has 0 amide bonds. The van der Waals surface area contributed by atoms with E-state index in [0.29, 0.717) is 11.2 Å². The summed E-state index contributed by atoms with van der Waals surface area (Å²) in [5, 5.41) is 29.5. The Hall–Kier alpha value is -3.39. The monoisotopic (exact) mass is 672 g/mol. The number of nitrogens with two attached hydrogens (primary N) is 1. The zero-order valence-electron chi connectivity index (χ0n) is 27.4. The van der Waals surface area contributed by atoms with Gasteiger partial charge in [-0.05, 0) is 67.9 Å².